The van der Waals surface area contributed by atoms with Crippen LogP contribution in [0.15, 0.2) is 63.8 Å². The van der Waals surface area contributed by atoms with E-state index in [-0.39, 0.29) is 5.56 Å². The van der Waals surface area contributed by atoms with Gasteiger partial charge in [-0.3, -0.25) is 4.79 Å². The number of amides is 1. The van der Waals surface area contributed by atoms with Crippen LogP contribution in [0.4, 0.5) is 10.1 Å². The number of carbonyl (C=O) groups is 1. The second kappa shape index (κ2) is 6.85. The van der Waals surface area contributed by atoms with Gasteiger partial charge in [-0.2, -0.15) is 0 Å². The molecule has 2 aromatic heterocycles. The van der Waals surface area contributed by atoms with E-state index in [0.717, 1.165) is 0 Å². The van der Waals surface area contributed by atoms with Crippen LogP contribution < -0.4 is 5.32 Å². The van der Waals surface area contributed by atoms with Crippen LogP contribution in [-0.4, -0.2) is 21.1 Å². The van der Waals surface area contributed by atoms with Gasteiger partial charge in [0.15, 0.2) is 0 Å². The molecule has 128 valence electrons. The first-order valence-electron chi connectivity index (χ1n) is 7.59. The molecule has 1 N–H and O–H groups in total. The Balaban J connectivity index is 1.57. The van der Waals surface area contributed by atoms with Gasteiger partial charge in [-0.15, -0.1) is 21.5 Å². The fraction of sp³-hybridized carbons (Fsp3) is 0. The van der Waals surface area contributed by atoms with Crippen LogP contribution in [0.2, 0.25) is 0 Å². The monoisotopic (exact) mass is 366 g/mol. The summed E-state index contributed by atoms with van der Waals surface area (Å²) in [6.45, 7) is 0. The molecular formula is C18H11FN4O2S. The highest BCUT2D eigenvalue weighted by molar-refractivity contribution is 7.07. The maximum atomic E-state index is 13.7. The van der Waals surface area contributed by atoms with Gasteiger partial charge in [0.05, 0.1) is 11.1 Å². The number of hydrogen-bond donors (Lipinski definition) is 1. The second-order valence-corrected chi connectivity index (χ2v) is 6.02. The van der Waals surface area contributed by atoms with Gasteiger partial charge < -0.3 is 9.73 Å². The third kappa shape index (κ3) is 3.22. The number of benzene rings is 2. The highest BCUT2D eigenvalue weighted by atomic mass is 32.1. The Kier molecular flexibility index (Phi) is 4.24. The number of nitrogens with one attached hydrogen (secondary N) is 1. The van der Waals surface area contributed by atoms with Crippen molar-refractivity contribution >= 4 is 22.9 Å². The molecule has 2 aromatic carbocycles. The number of halogens is 1. The van der Waals surface area contributed by atoms with Crippen molar-refractivity contribution < 1.29 is 13.6 Å². The van der Waals surface area contributed by atoms with Crippen LogP contribution >= 0.6 is 11.3 Å². The molecule has 0 saturated heterocycles. The predicted octanol–water partition coefficient (Wildman–Crippen LogP) is 4.25. The van der Waals surface area contributed by atoms with Crippen LogP contribution in [0, 0.1) is 5.82 Å². The first-order chi connectivity index (χ1) is 12.7. The van der Waals surface area contributed by atoms with E-state index >= 15 is 0 Å². The van der Waals surface area contributed by atoms with Gasteiger partial charge in [0.1, 0.15) is 11.5 Å². The largest absolute Gasteiger partial charge is 0.415 e. The molecular weight excluding hydrogens is 355 g/mol. The quantitative estimate of drug-likeness (QED) is 0.584. The summed E-state index contributed by atoms with van der Waals surface area (Å²) in [5.41, 5.74) is 3.38. The van der Waals surface area contributed by atoms with Crippen molar-refractivity contribution in [3.8, 4) is 23.0 Å². The minimum Gasteiger partial charge on any atom is -0.415 e. The maximum Gasteiger partial charge on any atom is 0.267 e. The van der Waals surface area contributed by atoms with Gasteiger partial charge in [-0.25, -0.2) is 9.37 Å². The average molecular weight is 366 g/mol. The van der Waals surface area contributed by atoms with Crippen molar-refractivity contribution in [3.63, 3.8) is 0 Å². The summed E-state index contributed by atoms with van der Waals surface area (Å²) < 4.78 is 19.4. The molecule has 0 aliphatic rings. The summed E-state index contributed by atoms with van der Waals surface area (Å²) in [5.74, 6) is -0.489. The molecule has 0 aliphatic carbocycles. The van der Waals surface area contributed by atoms with E-state index < -0.39 is 11.7 Å². The van der Waals surface area contributed by atoms with Crippen LogP contribution in [0.25, 0.3) is 23.0 Å². The van der Waals surface area contributed by atoms with Crippen molar-refractivity contribution in [2.45, 2.75) is 0 Å². The molecule has 8 heteroatoms. The molecule has 0 atom stereocenters. The maximum absolute atomic E-state index is 13.7. The van der Waals surface area contributed by atoms with Gasteiger partial charge in [0.2, 0.25) is 5.89 Å². The molecule has 4 aromatic rings. The lowest BCUT2D eigenvalue weighted by atomic mass is 10.1. The third-order valence-electron chi connectivity index (χ3n) is 3.56. The van der Waals surface area contributed by atoms with E-state index in [1.807, 2.05) is 5.38 Å². The fourth-order valence-electron chi connectivity index (χ4n) is 2.34. The highest BCUT2D eigenvalue weighted by Gasteiger charge is 2.14. The Morgan fingerprint density at radius 2 is 1.92 bits per heavy atom. The summed E-state index contributed by atoms with van der Waals surface area (Å²) in [7, 11) is 0. The molecule has 0 bridgehead atoms. The number of rotatable bonds is 4. The lowest BCUT2D eigenvalue weighted by molar-refractivity contribution is 0.102. The van der Waals surface area contributed by atoms with Crippen molar-refractivity contribution in [2.75, 3.05) is 5.32 Å². The van der Waals surface area contributed by atoms with Crippen LogP contribution in [-0.2, 0) is 0 Å². The number of aromatic nitrogens is 3. The molecule has 4 rings (SSSR count). The molecule has 26 heavy (non-hydrogen) atoms. The minimum absolute atomic E-state index is 0.0264. The summed E-state index contributed by atoms with van der Waals surface area (Å²) >= 11 is 1.43. The third-order valence-corrected chi connectivity index (χ3v) is 4.15. The molecule has 6 nitrogen and oxygen atoms in total. The molecule has 0 unspecified atom stereocenters. The zero-order valence-electron chi connectivity index (χ0n) is 13.2. The smallest absolute Gasteiger partial charge is 0.267 e. The SMILES string of the molecule is O=C(Nc1cccc(-c2nnc(-c3cscn3)o2)c1)c1ccccc1F. The molecule has 0 saturated carbocycles. The van der Waals surface area contributed by atoms with E-state index in [0.29, 0.717) is 28.7 Å². The highest BCUT2D eigenvalue weighted by Crippen LogP contribution is 2.25. The molecule has 1 amide bonds. The van der Waals surface area contributed by atoms with Crippen molar-refractivity contribution in [1.29, 1.82) is 0 Å². The van der Waals surface area contributed by atoms with E-state index in [4.69, 9.17) is 4.42 Å². The minimum atomic E-state index is -0.578. The lowest BCUT2D eigenvalue weighted by Gasteiger charge is -2.06. The summed E-state index contributed by atoms with van der Waals surface area (Å²) in [6.07, 6.45) is 0. The van der Waals surface area contributed by atoms with Gasteiger partial charge >= 0.3 is 0 Å². The number of anilines is 1. The van der Waals surface area contributed by atoms with E-state index in [2.05, 4.69) is 20.5 Å². The Hall–Kier alpha value is -3.39. The summed E-state index contributed by atoms with van der Waals surface area (Å²) in [5, 5.41) is 12.5. The van der Waals surface area contributed by atoms with Gasteiger partial charge in [0.25, 0.3) is 11.8 Å². The Labute approximate surface area is 151 Å². The molecule has 0 aliphatic heterocycles. The van der Waals surface area contributed by atoms with Crippen LogP contribution in [0.1, 0.15) is 10.4 Å². The number of hydrogen-bond acceptors (Lipinski definition) is 6. The molecule has 0 fully saturated rings. The van der Waals surface area contributed by atoms with Crippen molar-refractivity contribution in [3.05, 3.63) is 70.8 Å². The van der Waals surface area contributed by atoms with E-state index in [9.17, 15) is 9.18 Å². The first kappa shape index (κ1) is 16.1. The summed E-state index contributed by atoms with van der Waals surface area (Å²) in [4.78, 5) is 16.4. The number of thiazole rings is 1. The molecule has 0 radical (unpaired) electrons. The molecule has 0 spiro atoms. The van der Waals surface area contributed by atoms with Crippen molar-refractivity contribution in [1.82, 2.24) is 15.2 Å². The van der Waals surface area contributed by atoms with E-state index in [1.54, 1.807) is 35.8 Å². The fourth-order valence-corrected chi connectivity index (χ4v) is 2.86. The van der Waals surface area contributed by atoms with Gasteiger partial charge in [-0.1, -0.05) is 18.2 Å². The zero-order chi connectivity index (χ0) is 17.9. The zero-order valence-corrected chi connectivity index (χ0v) is 14.0. The Morgan fingerprint density at radius 3 is 2.73 bits per heavy atom. The van der Waals surface area contributed by atoms with Crippen LogP contribution in [0.3, 0.4) is 0 Å². The van der Waals surface area contributed by atoms with Crippen molar-refractivity contribution in [2.24, 2.45) is 0 Å². The second-order valence-electron chi connectivity index (χ2n) is 5.30. The number of nitrogens with zero attached hydrogens (tertiary/aromatic N) is 3. The first-order valence-corrected chi connectivity index (χ1v) is 8.53. The lowest BCUT2D eigenvalue weighted by Crippen LogP contribution is -2.13. The Morgan fingerprint density at radius 1 is 1.08 bits per heavy atom. The van der Waals surface area contributed by atoms with Crippen LogP contribution in [0.5, 0.6) is 0 Å². The normalized spacial score (nSPS) is 10.7. The number of carbonyl (C=O) groups excluding carboxylic acids is 1. The van der Waals surface area contributed by atoms with Gasteiger partial charge in [0, 0.05) is 16.6 Å². The van der Waals surface area contributed by atoms with Gasteiger partial charge in [-0.05, 0) is 30.3 Å². The average Bonchev–Trinajstić information content (AvgIpc) is 3.34. The predicted molar refractivity (Wildman–Crippen MR) is 95.2 cm³/mol. The Bertz CT molecular complexity index is 1060. The standard InChI is InChI=1S/C18H11FN4O2S/c19-14-7-2-1-6-13(14)16(24)21-12-5-3-4-11(8-12)17-22-23-18(25-17)15-9-26-10-20-15/h1-10H,(H,21,24). The topological polar surface area (TPSA) is 80.9 Å². The van der Waals surface area contributed by atoms with E-state index in [1.165, 1.54) is 29.5 Å². The molecule has 2 heterocycles. The summed E-state index contributed by atoms with van der Waals surface area (Å²) in [6, 6.07) is 12.7.